The number of likely N-dealkylation sites (tertiary alicyclic amines) is 1. The summed E-state index contributed by atoms with van der Waals surface area (Å²) in [5, 5.41) is 11.0. The third kappa shape index (κ3) is 4.52. The van der Waals surface area contributed by atoms with E-state index < -0.39 is 17.7 Å². The predicted octanol–water partition coefficient (Wildman–Crippen LogP) is 3.33. The molecule has 2 heterocycles. The molecule has 7 nitrogen and oxygen atoms in total. The smallest absolute Gasteiger partial charge is 0.295 e. The Kier molecular flexibility index (Phi) is 6.84. The summed E-state index contributed by atoms with van der Waals surface area (Å²) in [4.78, 5) is 31.3. The monoisotopic (exact) mass is 410 g/mol. The van der Waals surface area contributed by atoms with Crippen LogP contribution in [0.4, 0.5) is 0 Å². The van der Waals surface area contributed by atoms with Crippen LogP contribution in [-0.4, -0.2) is 53.0 Å². The van der Waals surface area contributed by atoms with Gasteiger partial charge in [-0.2, -0.15) is 0 Å². The molecule has 0 bridgehead atoms. The fraction of sp³-hybridized carbons (Fsp3) is 0.348. The van der Waals surface area contributed by atoms with Crippen LogP contribution in [0.3, 0.4) is 0 Å². The van der Waals surface area contributed by atoms with Gasteiger partial charge in [0.1, 0.15) is 11.5 Å². The van der Waals surface area contributed by atoms with Crippen LogP contribution in [0.1, 0.15) is 37.4 Å². The Morgan fingerprint density at radius 2 is 1.93 bits per heavy atom. The van der Waals surface area contributed by atoms with Crippen LogP contribution >= 0.6 is 0 Å². The average Bonchev–Trinajstić information content (AvgIpc) is 3.01. The number of benzene rings is 1. The molecule has 1 saturated heterocycles. The van der Waals surface area contributed by atoms with Crippen molar-refractivity contribution in [3.8, 4) is 5.75 Å². The van der Waals surface area contributed by atoms with Gasteiger partial charge in [0.2, 0.25) is 0 Å². The zero-order valence-electron chi connectivity index (χ0n) is 17.4. The quantitative estimate of drug-likeness (QED) is 0.311. The molecule has 0 saturated carbocycles. The predicted molar refractivity (Wildman–Crippen MR) is 112 cm³/mol. The Balaban J connectivity index is 2.01. The molecule has 30 heavy (non-hydrogen) atoms. The molecule has 0 aliphatic carbocycles. The van der Waals surface area contributed by atoms with Crippen molar-refractivity contribution in [2.75, 3.05) is 20.3 Å². The van der Waals surface area contributed by atoms with Crippen molar-refractivity contribution in [3.05, 3.63) is 65.5 Å². The summed E-state index contributed by atoms with van der Waals surface area (Å²) >= 11 is 0. The summed E-state index contributed by atoms with van der Waals surface area (Å²) in [5.41, 5.74) is 1.18. The number of aromatic nitrogens is 1. The molecule has 2 aromatic rings. The number of methoxy groups -OCH3 is 1. The number of aliphatic hydroxyl groups excluding tert-OH is 1. The largest absolute Gasteiger partial charge is 0.507 e. The van der Waals surface area contributed by atoms with Crippen molar-refractivity contribution in [3.63, 3.8) is 0 Å². The van der Waals surface area contributed by atoms with Crippen molar-refractivity contribution >= 4 is 17.4 Å². The minimum Gasteiger partial charge on any atom is -0.507 e. The molecule has 1 amide bonds. The molecule has 1 aliphatic heterocycles. The lowest BCUT2D eigenvalue weighted by Gasteiger charge is -2.25. The summed E-state index contributed by atoms with van der Waals surface area (Å²) in [6, 6.07) is 9.55. The molecule has 1 aromatic carbocycles. The second-order valence-electron chi connectivity index (χ2n) is 7.28. The number of amides is 1. The molecule has 7 heteroatoms. The lowest BCUT2D eigenvalue weighted by Crippen LogP contribution is -2.31. The fourth-order valence-corrected chi connectivity index (χ4v) is 3.48. The van der Waals surface area contributed by atoms with E-state index >= 15 is 0 Å². The number of aliphatic hydroxyl groups is 1. The fourth-order valence-electron chi connectivity index (χ4n) is 3.48. The minimum absolute atomic E-state index is 0.0595. The molecule has 1 atom stereocenters. The number of hydrogen-bond acceptors (Lipinski definition) is 6. The van der Waals surface area contributed by atoms with Gasteiger partial charge in [0, 0.05) is 31.1 Å². The SMILES string of the molecule is COc1cccc(/C(O)=C2/C(=O)C(=O)N(CCCOC(C)C)C2c2ccncc2)c1. The number of Topliss-reactive ketones (excluding diaryl/α,β-unsaturated/α-hetero) is 1. The molecule has 0 spiro atoms. The topological polar surface area (TPSA) is 89.0 Å². The Bertz CT molecular complexity index is 940. The number of rotatable bonds is 8. The first-order valence-electron chi connectivity index (χ1n) is 9.88. The van der Waals surface area contributed by atoms with Gasteiger partial charge in [-0.1, -0.05) is 12.1 Å². The van der Waals surface area contributed by atoms with Gasteiger partial charge in [-0.15, -0.1) is 0 Å². The summed E-state index contributed by atoms with van der Waals surface area (Å²) in [7, 11) is 1.52. The van der Waals surface area contributed by atoms with Crippen LogP contribution in [0.25, 0.3) is 5.76 Å². The second kappa shape index (κ2) is 9.54. The van der Waals surface area contributed by atoms with Crippen molar-refractivity contribution in [1.82, 2.24) is 9.88 Å². The van der Waals surface area contributed by atoms with E-state index in [2.05, 4.69) is 4.98 Å². The Morgan fingerprint density at radius 3 is 2.60 bits per heavy atom. The number of hydrogen-bond donors (Lipinski definition) is 1. The Labute approximate surface area is 175 Å². The van der Waals surface area contributed by atoms with Crippen LogP contribution in [0, 0.1) is 0 Å². The van der Waals surface area contributed by atoms with E-state index in [1.807, 2.05) is 13.8 Å². The summed E-state index contributed by atoms with van der Waals surface area (Å²) in [5.74, 6) is -1.03. The minimum atomic E-state index is -0.707. The van der Waals surface area contributed by atoms with E-state index in [0.29, 0.717) is 36.4 Å². The lowest BCUT2D eigenvalue weighted by molar-refractivity contribution is -0.140. The number of carbonyl (C=O) groups is 2. The molecule has 0 radical (unpaired) electrons. The van der Waals surface area contributed by atoms with Gasteiger partial charge in [0.05, 0.1) is 24.8 Å². The molecule has 1 aromatic heterocycles. The molecular weight excluding hydrogens is 384 g/mol. The number of ketones is 1. The van der Waals surface area contributed by atoms with E-state index in [1.165, 1.54) is 12.0 Å². The van der Waals surface area contributed by atoms with Crippen LogP contribution in [0.15, 0.2) is 54.4 Å². The summed E-state index contributed by atoms with van der Waals surface area (Å²) < 4.78 is 10.8. The molecular formula is C23H26N2O5. The standard InChI is InChI=1S/C23H26N2O5/c1-15(2)30-13-5-12-25-20(16-8-10-24-11-9-16)19(22(27)23(25)28)21(26)17-6-4-7-18(14-17)29-3/h4,6-11,14-15,20,26H,5,12-13H2,1-3H3/b21-19-. The molecule has 1 aliphatic rings. The Hall–Kier alpha value is -3.19. The highest BCUT2D eigenvalue weighted by Crippen LogP contribution is 2.39. The molecule has 158 valence electrons. The summed E-state index contributed by atoms with van der Waals surface area (Å²) in [6.07, 6.45) is 3.86. The second-order valence-corrected chi connectivity index (χ2v) is 7.28. The highest BCUT2D eigenvalue weighted by Gasteiger charge is 2.45. The van der Waals surface area contributed by atoms with E-state index in [0.717, 1.165) is 0 Å². The normalized spacial score (nSPS) is 18.3. The number of carbonyl (C=O) groups excluding carboxylic acids is 2. The first kappa shape index (κ1) is 21.5. The van der Waals surface area contributed by atoms with E-state index in [9.17, 15) is 14.7 Å². The number of ether oxygens (including phenoxy) is 2. The Morgan fingerprint density at radius 1 is 1.20 bits per heavy atom. The third-order valence-electron chi connectivity index (χ3n) is 4.90. The molecule has 1 fully saturated rings. The van der Waals surface area contributed by atoms with Crippen molar-refractivity contribution in [2.24, 2.45) is 0 Å². The zero-order valence-corrected chi connectivity index (χ0v) is 17.4. The third-order valence-corrected chi connectivity index (χ3v) is 4.90. The van der Waals surface area contributed by atoms with Crippen LogP contribution in [0.2, 0.25) is 0 Å². The summed E-state index contributed by atoms with van der Waals surface area (Å²) in [6.45, 7) is 4.69. The van der Waals surface area contributed by atoms with Gasteiger partial charge < -0.3 is 19.5 Å². The van der Waals surface area contributed by atoms with E-state index in [4.69, 9.17) is 9.47 Å². The van der Waals surface area contributed by atoms with Gasteiger partial charge in [0.25, 0.3) is 11.7 Å². The molecule has 1 N–H and O–H groups in total. The van der Waals surface area contributed by atoms with Crippen LogP contribution in [-0.2, 0) is 14.3 Å². The van der Waals surface area contributed by atoms with Gasteiger partial charge in [0.15, 0.2) is 0 Å². The van der Waals surface area contributed by atoms with Crippen molar-refractivity contribution in [1.29, 1.82) is 0 Å². The van der Waals surface area contributed by atoms with Crippen LogP contribution in [0.5, 0.6) is 5.75 Å². The molecule has 1 unspecified atom stereocenters. The van der Waals surface area contributed by atoms with Gasteiger partial charge >= 0.3 is 0 Å². The lowest BCUT2D eigenvalue weighted by atomic mass is 9.96. The zero-order chi connectivity index (χ0) is 21.7. The number of pyridine rings is 1. The maximum atomic E-state index is 12.9. The van der Waals surface area contributed by atoms with Gasteiger partial charge in [-0.05, 0) is 50.1 Å². The van der Waals surface area contributed by atoms with E-state index in [1.54, 1.807) is 48.8 Å². The number of nitrogens with zero attached hydrogens (tertiary/aromatic N) is 2. The highest BCUT2D eigenvalue weighted by molar-refractivity contribution is 6.46. The van der Waals surface area contributed by atoms with Crippen molar-refractivity contribution < 1.29 is 24.2 Å². The maximum Gasteiger partial charge on any atom is 0.295 e. The highest BCUT2D eigenvalue weighted by atomic mass is 16.5. The van der Waals surface area contributed by atoms with Gasteiger partial charge in [-0.25, -0.2) is 0 Å². The first-order valence-corrected chi connectivity index (χ1v) is 9.88. The van der Waals surface area contributed by atoms with Gasteiger partial charge in [-0.3, -0.25) is 14.6 Å². The average molecular weight is 410 g/mol. The maximum absolute atomic E-state index is 12.9. The first-order chi connectivity index (χ1) is 14.4. The molecule has 3 rings (SSSR count). The van der Waals surface area contributed by atoms with Crippen LogP contribution < -0.4 is 4.74 Å². The van der Waals surface area contributed by atoms with E-state index in [-0.39, 0.29) is 17.4 Å². The van der Waals surface area contributed by atoms with Crippen molar-refractivity contribution in [2.45, 2.75) is 32.4 Å².